The summed E-state index contributed by atoms with van der Waals surface area (Å²) in [5, 5.41) is 4.61. The van der Waals surface area contributed by atoms with E-state index in [1.165, 1.54) is 0 Å². The molecule has 0 spiro atoms. The van der Waals surface area contributed by atoms with Crippen LogP contribution < -0.4 is 11.2 Å². The fourth-order valence-corrected chi connectivity index (χ4v) is 1.81. The van der Waals surface area contributed by atoms with Gasteiger partial charge in [0.25, 0.3) is 5.91 Å². The second-order valence-corrected chi connectivity index (χ2v) is 5.59. The van der Waals surface area contributed by atoms with Crippen LogP contribution in [0.1, 0.15) is 24.2 Å². The monoisotopic (exact) mass is 311 g/mol. The maximum Gasteiger partial charge on any atom is 0.271 e. The molecule has 1 amide bonds. The van der Waals surface area contributed by atoms with Crippen molar-refractivity contribution in [2.75, 3.05) is 13.2 Å². The molecule has 1 aromatic rings. The summed E-state index contributed by atoms with van der Waals surface area (Å²) in [6.07, 6.45) is 0. The summed E-state index contributed by atoms with van der Waals surface area (Å²) in [7, 11) is 0. The molecule has 7 heteroatoms. The van der Waals surface area contributed by atoms with Crippen molar-refractivity contribution in [2.24, 2.45) is 10.8 Å². The highest BCUT2D eigenvalue weighted by atomic mass is 35.5. The molecule has 1 aliphatic heterocycles. The number of nitrogens with two attached hydrogens (primary N) is 1. The molecule has 0 saturated carbocycles. The van der Waals surface area contributed by atoms with Crippen molar-refractivity contribution in [3.05, 3.63) is 34.9 Å². The molecule has 0 radical (unpaired) electrons. The van der Waals surface area contributed by atoms with Gasteiger partial charge in [0.2, 0.25) is 0 Å². The zero-order valence-corrected chi connectivity index (χ0v) is 12.7. The molecule has 1 aliphatic rings. The molecule has 1 aromatic carbocycles. The largest absolute Gasteiger partial charge is 0.348 e. The Labute approximate surface area is 128 Å². The van der Waals surface area contributed by atoms with Crippen molar-refractivity contribution in [3.8, 4) is 0 Å². The van der Waals surface area contributed by atoms with Gasteiger partial charge in [-0.3, -0.25) is 4.79 Å². The van der Waals surface area contributed by atoms with E-state index in [0.717, 1.165) is 0 Å². The Morgan fingerprint density at radius 2 is 2.05 bits per heavy atom. The van der Waals surface area contributed by atoms with Crippen molar-refractivity contribution in [3.63, 3.8) is 0 Å². The molecule has 1 unspecified atom stereocenters. The summed E-state index contributed by atoms with van der Waals surface area (Å²) < 4.78 is 11.0. The minimum atomic E-state index is -0.713. The van der Waals surface area contributed by atoms with Crippen LogP contribution in [0, 0.1) is 0 Å². The van der Waals surface area contributed by atoms with Gasteiger partial charge in [0.1, 0.15) is 0 Å². The predicted octanol–water partition coefficient (Wildman–Crippen LogP) is 1.54. The van der Waals surface area contributed by atoms with Crippen LogP contribution in [0.3, 0.4) is 0 Å². The van der Waals surface area contributed by atoms with Crippen LogP contribution in [-0.4, -0.2) is 36.7 Å². The fraction of sp³-hybridized carbons (Fsp3) is 0.429. The maximum atomic E-state index is 11.9. The Balaban J connectivity index is 2.02. The predicted molar refractivity (Wildman–Crippen MR) is 80.3 cm³/mol. The second kappa shape index (κ2) is 6.53. The summed E-state index contributed by atoms with van der Waals surface area (Å²) in [6.45, 7) is 4.08. The number of amides is 1. The first-order valence-corrected chi connectivity index (χ1v) is 6.91. The van der Waals surface area contributed by atoms with Crippen LogP contribution in [0.2, 0.25) is 5.02 Å². The van der Waals surface area contributed by atoms with Gasteiger partial charge in [-0.1, -0.05) is 11.6 Å². The lowest BCUT2D eigenvalue weighted by molar-refractivity contribution is -0.197. The van der Waals surface area contributed by atoms with E-state index in [0.29, 0.717) is 16.3 Å². The zero-order valence-electron chi connectivity index (χ0n) is 11.9. The number of nitrogens with zero attached hydrogens (tertiary/aromatic N) is 1. The number of halogens is 1. The van der Waals surface area contributed by atoms with Crippen LogP contribution >= 0.6 is 11.6 Å². The highest BCUT2D eigenvalue weighted by molar-refractivity contribution is 6.30. The first-order valence-electron chi connectivity index (χ1n) is 6.53. The van der Waals surface area contributed by atoms with Gasteiger partial charge in [-0.2, -0.15) is 5.10 Å². The molecule has 1 fully saturated rings. The Morgan fingerprint density at radius 1 is 1.38 bits per heavy atom. The average molecular weight is 312 g/mol. The van der Waals surface area contributed by atoms with E-state index >= 15 is 0 Å². The van der Waals surface area contributed by atoms with E-state index in [1.807, 2.05) is 0 Å². The molecular formula is C14H18ClN3O3. The smallest absolute Gasteiger partial charge is 0.271 e. The van der Waals surface area contributed by atoms with Gasteiger partial charge in [-0.05, 0) is 38.1 Å². The average Bonchev–Trinajstić information content (AvgIpc) is 2.57. The number of carbonyl (C=O) groups excluding carboxylic acids is 1. The molecule has 1 atom stereocenters. The van der Waals surface area contributed by atoms with Gasteiger partial charge in [0.15, 0.2) is 5.79 Å². The standard InChI is InChI=1S/C14H18ClN3O3/c1-14(2)20-7-11(16)12(8-21-14)17-18-13(19)9-3-5-10(15)6-4-9/h3-6,11H,7-8,16H2,1-2H3,(H,18,19)/b17-12-. The lowest BCUT2D eigenvalue weighted by atomic mass is 10.2. The molecule has 1 heterocycles. The van der Waals surface area contributed by atoms with Gasteiger partial charge in [-0.25, -0.2) is 5.43 Å². The third kappa shape index (κ3) is 4.50. The summed E-state index contributed by atoms with van der Waals surface area (Å²) in [5.41, 5.74) is 9.40. The summed E-state index contributed by atoms with van der Waals surface area (Å²) >= 11 is 5.77. The van der Waals surface area contributed by atoms with Crippen LogP contribution in [0.15, 0.2) is 29.4 Å². The molecule has 0 bridgehead atoms. The Kier molecular flexibility index (Phi) is 4.95. The second-order valence-electron chi connectivity index (χ2n) is 5.16. The van der Waals surface area contributed by atoms with Gasteiger partial charge in [0.05, 0.1) is 25.0 Å². The number of rotatable bonds is 2. The number of benzene rings is 1. The quantitative estimate of drug-likeness (QED) is 0.811. The molecule has 114 valence electrons. The van der Waals surface area contributed by atoms with Crippen LogP contribution in [0.5, 0.6) is 0 Å². The highest BCUT2D eigenvalue weighted by Crippen LogP contribution is 2.15. The van der Waals surface area contributed by atoms with E-state index < -0.39 is 11.8 Å². The molecule has 2 rings (SSSR count). The van der Waals surface area contributed by atoms with Crippen molar-refractivity contribution >= 4 is 23.2 Å². The minimum absolute atomic E-state index is 0.203. The van der Waals surface area contributed by atoms with Crippen LogP contribution in [0.25, 0.3) is 0 Å². The Hall–Kier alpha value is -1.47. The zero-order chi connectivity index (χ0) is 15.5. The maximum absolute atomic E-state index is 11.9. The normalized spacial score (nSPS) is 23.6. The number of hydrogen-bond acceptors (Lipinski definition) is 5. The third-order valence-electron chi connectivity index (χ3n) is 3.01. The topological polar surface area (TPSA) is 85.9 Å². The van der Waals surface area contributed by atoms with Gasteiger partial charge >= 0.3 is 0 Å². The van der Waals surface area contributed by atoms with Crippen LogP contribution in [-0.2, 0) is 9.47 Å². The van der Waals surface area contributed by atoms with E-state index in [-0.39, 0.29) is 19.1 Å². The van der Waals surface area contributed by atoms with Gasteiger partial charge in [0, 0.05) is 10.6 Å². The number of nitrogens with one attached hydrogen (secondary N) is 1. The Bertz CT molecular complexity index is 543. The van der Waals surface area contributed by atoms with Crippen LogP contribution in [0.4, 0.5) is 0 Å². The SMILES string of the molecule is CC1(C)OC/C(=N/NC(=O)c2ccc(Cl)cc2)C(N)CO1. The third-order valence-corrected chi connectivity index (χ3v) is 3.27. The molecule has 0 aromatic heterocycles. The summed E-state index contributed by atoms with van der Waals surface area (Å²) in [6, 6.07) is 6.10. The Morgan fingerprint density at radius 3 is 2.71 bits per heavy atom. The first kappa shape index (κ1) is 15.9. The van der Waals surface area contributed by atoms with Crippen molar-refractivity contribution in [1.29, 1.82) is 0 Å². The molecule has 6 nitrogen and oxygen atoms in total. The van der Waals surface area contributed by atoms with Crippen molar-refractivity contribution < 1.29 is 14.3 Å². The fourth-order valence-electron chi connectivity index (χ4n) is 1.69. The molecule has 1 saturated heterocycles. The van der Waals surface area contributed by atoms with E-state index in [4.69, 9.17) is 26.8 Å². The van der Waals surface area contributed by atoms with E-state index in [1.54, 1.807) is 38.1 Å². The number of hydrogen-bond donors (Lipinski definition) is 2. The summed E-state index contributed by atoms with van der Waals surface area (Å²) in [5.74, 6) is -1.05. The number of hydrazone groups is 1. The minimum Gasteiger partial charge on any atom is -0.348 e. The van der Waals surface area contributed by atoms with Crippen molar-refractivity contribution in [1.82, 2.24) is 5.43 Å². The number of carbonyl (C=O) groups is 1. The molecule has 21 heavy (non-hydrogen) atoms. The van der Waals surface area contributed by atoms with Gasteiger partial charge in [-0.15, -0.1) is 0 Å². The van der Waals surface area contributed by atoms with Gasteiger partial charge < -0.3 is 15.2 Å². The molecule has 0 aliphatic carbocycles. The van der Waals surface area contributed by atoms with E-state index in [9.17, 15) is 4.79 Å². The number of ether oxygens (including phenoxy) is 2. The lowest BCUT2D eigenvalue weighted by Crippen LogP contribution is -2.37. The van der Waals surface area contributed by atoms with Crippen molar-refractivity contribution in [2.45, 2.75) is 25.7 Å². The molecular weight excluding hydrogens is 294 g/mol. The highest BCUT2D eigenvalue weighted by Gasteiger charge is 2.27. The molecule has 3 N–H and O–H groups in total. The lowest BCUT2D eigenvalue weighted by Gasteiger charge is -2.22. The van der Waals surface area contributed by atoms with E-state index in [2.05, 4.69) is 10.5 Å². The first-order chi connectivity index (χ1) is 9.87. The summed E-state index contributed by atoms with van der Waals surface area (Å²) in [4.78, 5) is 11.9.